The van der Waals surface area contributed by atoms with Gasteiger partial charge in [-0.15, -0.1) is 24.0 Å². The van der Waals surface area contributed by atoms with Gasteiger partial charge >= 0.3 is 6.18 Å². The van der Waals surface area contributed by atoms with E-state index in [0.29, 0.717) is 30.7 Å². The maximum Gasteiger partial charge on any atom is 0.390 e. The maximum absolute atomic E-state index is 12.3. The number of hydrogen-bond donors (Lipinski definition) is 2. The van der Waals surface area contributed by atoms with Crippen molar-refractivity contribution in [1.82, 2.24) is 10.6 Å². The first kappa shape index (κ1) is 23.3. The van der Waals surface area contributed by atoms with Crippen LogP contribution in [0.3, 0.4) is 0 Å². The van der Waals surface area contributed by atoms with Crippen molar-refractivity contribution in [3.05, 3.63) is 34.9 Å². The second-order valence-corrected chi connectivity index (χ2v) is 6.56. The molecule has 148 valence electrons. The number of nitrogens with one attached hydrogen (secondary N) is 2. The molecule has 0 unspecified atom stereocenters. The number of hydrogen-bond acceptors (Lipinski definition) is 2. The summed E-state index contributed by atoms with van der Waals surface area (Å²) < 4.78 is 42.3. The van der Waals surface area contributed by atoms with Crippen LogP contribution >= 0.6 is 35.6 Å². The predicted octanol–water partition coefficient (Wildman–Crippen LogP) is 4.12. The van der Waals surface area contributed by atoms with E-state index >= 15 is 0 Å². The average Bonchev–Trinajstić information content (AvgIpc) is 2.58. The van der Waals surface area contributed by atoms with Crippen LogP contribution in [-0.2, 0) is 10.2 Å². The average molecular weight is 506 g/mol. The molecule has 1 heterocycles. The molecular formula is C17H24ClF3IN3O. The molecular weight excluding hydrogens is 482 g/mol. The Bertz CT molecular complexity index is 593. The van der Waals surface area contributed by atoms with Gasteiger partial charge in [0, 0.05) is 43.8 Å². The molecule has 0 aromatic heterocycles. The highest BCUT2D eigenvalue weighted by Crippen LogP contribution is 2.35. The summed E-state index contributed by atoms with van der Waals surface area (Å²) in [5.74, 6) is 0.358. The second kappa shape index (κ2) is 10.6. The molecule has 1 fully saturated rings. The van der Waals surface area contributed by atoms with E-state index in [2.05, 4.69) is 15.6 Å². The highest BCUT2D eigenvalue weighted by Gasteiger charge is 2.35. The molecule has 0 bridgehead atoms. The summed E-state index contributed by atoms with van der Waals surface area (Å²) in [6.07, 6.45) is -3.48. The van der Waals surface area contributed by atoms with Crippen molar-refractivity contribution in [1.29, 1.82) is 0 Å². The van der Waals surface area contributed by atoms with Crippen LogP contribution in [0.15, 0.2) is 29.3 Å². The minimum absolute atomic E-state index is 0. The van der Waals surface area contributed by atoms with E-state index in [1.165, 1.54) is 0 Å². The fraction of sp³-hybridized carbons (Fsp3) is 0.588. The number of benzene rings is 1. The molecule has 0 aliphatic carbocycles. The van der Waals surface area contributed by atoms with Gasteiger partial charge in [0.05, 0.1) is 6.42 Å². The zero-order valence-electron chi connectivity index (χ0n) is 14.5. The van der Waals surface area contributed by atoms with Crippen molar-refractivity contribution in [2.75, 3.05) is 33.4 Å². The van der Waals surface area contributed by atoms with E-state index in [1.807, 2.05) is 24.3 Å². The van der Waals surface area contributed by atoms with Gasteiger partial charge in [-0.25, -0.2) is 0 Å². The summed E-state index contributed by atoms with van der Waals surface area (Å²) in [5.41, 5.74) is 0.909. The number of nitrogens with zero attached hydrogens (tertiary/aromatic N) is 1. The molecule has 0 spiro atoms. The lowest BCUT2D eigenvalue weighted by molar-refractivity contribution is -0.132. The Balaban J connectivity index is 0.00000338. The largest absolute Gasteiger partial charge is 0.390 e. The van der Waals surface area contributed by atoms with Gasteiger partial charge in [0.2, 0.25) is 0 Å². The summed E-state index contributed by atoms with van der Waals surface area (Å²) in [4.78, 5) is 4.00. The highest BCUT2D eigenvalue weighted by atomic mass is 127. The molecule has 0 amide bonds. The summed E-state index contributed by atoms with van der Waals surface area (Å²) in [6.45, 7) is 1.60. The molecule has 1 aromatic rings. The van der Waals surface area contributed by atoms with Crippen LogP contribution in [0, 0.1) is 0 Å². The van der Waals surface area contributed by atoms with E-state index in [-0.39, 0.29) is 35.9 Å². The van der Waals surface area contributed by atoms with Crippen molar-refractivity contribution in [2.24, 2.45) is 4.99 Å². The van der Waals surface area contributed by atoms with Gasteiger partial charge < -0.3 is 15.4 Å². The van der Waals surface area contributed by atoms with Gasteiger partial charge in [-0.1, -0.05) is 23.7 Å². The van der Waals surface area contributed by atoms with Crippen LogP contribution in [0.1, 0.15) is 24.8 Å². The molecule has 2 N–H and O–H groups in total. The summed E-state index contributed by atoms with van der Waals surface area (Å²) in [7, 11) is 1.54. The third kappa shape index (κ3) is 7.11. The van der Waals surface area contributed by atoms with Crippen molar-refractivity contribution in [3.8, 4) is 0 Å². The minimum atomic E-state index is -4.19. The third-order valence-electron chi connectivity index (χ3n) is 4.41. The Morgan fingerprint density at radius 3 is 2.54 bits per heavy atom. The van der Waals surface area contributed by atoms with Gasteiger partial charge in [0.15, 0.2) is 5.96 Å². The van der Waals surface area contributed by atoms with Crippen molar-refractivity contribution in [2.45, 2.75) is 30.9 Å². The van der Waals surface area contributed by atoms with Gasteiger partial charge in [0.1, 0.15) is 0 Å². The molecule has 9 heteroatoms. The van der Waals surface area contributed by atoms with Crippen LogP contribution in [0.2, 0.25) is 5.02 Å². The first-order valence-corrected chi connectivity index (χ1v) is 8.57. The Labute approximate surface area is 173 Å². The number of aliphatic imine (C=N–C) groups is 1. The van der Waals surface area contributed by atoms with Gasteiger partial charge in [-0.2, -0.15) is 13.2 Å². The standard InChI is InChI=1S/C17H23ClF3N3O.HI/c1-22-15(23-8-5-17(19,20)21)24-12-16(6-9-25-10-7-16)13-3-2-4-14(18)11-13;/h2-4,11H,5-10,12H2,1H3,(H2,22,23,24);1H. The van der Waals surface area contributed by atoms with Gasteiger partial charge in [-0.05, 0) is 30.5 Å². The van der Waals surface area contributed by atoms with Gasteiger partial charge in [-0.3, -0.25) is 4.99 Å². The molecule has 4 nitrogen and oxygen atoms in total. The fourth-order valence-electron chi connectivity index (χ4n) is 2.94. The lowest BCUT2D eigenvalue weighted by atomic mass is 9.74. The predicted molar refractivity (Wildman–Crippen MR) is 109 cm³/mol. The van der Waals surface area contributed by atoms with E-state index in [9.17, 15) is 13.2 Å². The van der Waals surface area contributed by atoms with E-state index < -0.39 is 12.6 Å². The van der Waals surface area contributed by atoms with Crippen LogP contribution in [0.25, 0.3) is 0 Å². The zero-order chi connectivity index (χ0) is 18.3. The second-order valence-electron chi connectivity index (χ2n) is 6.12. The highest BCUT2D eigenvalue weighted by molar-refractivity contribution is 14.0. The summed E-state index contributed by atoms with van der Waals surface area (Å²) in [5, 5.41) is 6.53. The Morgan fingerprint density at radius 2 is 1.96 bits per heavy atom. The molecule has 0 radical (unpaired) electrons. The van der Waals surface area contributed by atoms with Crippen LogP contribution in [0.4, 0.5) is 13.2 Å². The van der Waals surface area contributed by atoms with E-state index in [0.717, 1.165) is 18.4 Å². The molecule has 2 rings (SSSR count). The van der Waals surface area contributed by atoms with Crippen molar-refractivity contribution in [3.63, 3.8) is 0 Å². The quantitative estimate of drug-likeness (QED) is 0.360. The number of halogens is 5. The topological polar surface area (TPSA) is 45.7 Å². The number of ether oxygens (including phenoxy) is 1. The number of rotatable bonds is 5. The first-order valence-electron chi connectivity index (χ1n) is 8.20. The molecule has 26 heavy (non-hydrogen) atoms. The summed E-state index contributed by atoms with van der Waals surface area (Å²) >= 11 is 6.13. The number of alkyl halides is 3. The van der Waals surface area contributed by atoms with E-state index in [1.54, 1.807) is 7.05 Å². The van der Waals surface area contributed by atoms with Crippen LogP contribution in [0.5, 0.6) is 0 Å². The molecule has 1 aliphatic rings. The maximum atomic E-state index is 12.3. The van der Waals surface area contributed by atoms with Crippen molar-refractivity contribution < 1.29 is 17.9 Å². The minimum Gasteiger partial charge on any atom is -0.381 e. The van der Waals surface area contributed by atoms with Crippen molar-refractivity contribution >= 4 is 41.5 Å². The first-order chi connectivity index (χ1) is 11.8. The molecule has 0 atom stereocenters. The Kier molecular flexibility index (Phi) is 9.46. The fourth-order valence-corrected chi connectivity index (χ4v) is 3.13. The van der Waals surface area contributed by atoms with E-state index in [4.69, 9.17) is 16.3 Å². The molecule has 1 aromatic carbocycles. The zero-order valence-corrected chi connectivity index (χ0v) is 17.6. The van der Waals surface area contributed by atoms with Crippen LogP contribution in [-0.4, -0.2) is 45.5 Å². The molecule has 1 aliphatic heterocycles. The Hall–Kier alpha value is -0.740. The molecule has 0 saturated carbocycles. The third-order valence-corrected chi connectivity index (χ3v) is 4.64. The SMILES string of the molecule is CN=C(NCCC(F)(F)F)NCC1(c2cccc(Cl)c2)CCOCC1.I. The van der Waals surface area contributed by atoms with Gasteiger partial charge in [0.25, 0.3) is 0 Å². The van der Waals surface area contributed by atoms with Crippen LogP contribution < -0.4 is 10.6 Å². The monoisotopic (exact) mass is 505 g/mol. The molecule has 1 saturated heterocycles. The number of guanidine groups is 1. The lowest BCUT2D eigenvalue weighted by Crippen LogP contribution is -2.48. The normalized spacial score (nSPS) is 17.3. The smallest absolute Gasteiger partial charge is 0.381 e. The Morgan fingerprint density at radius 1 is 1.27 bits per heavy atom. The summed E-state index contributed by atoms with van der Waals surface area (Å²) in [6, 6.07) is 7.70. The lowest BCUT2D eigenvalue weighted by Gasteiger charge is -2.38.